The number of allylic oxidation sites excluding steroid dienone is 1. The molecule has 0 heterocycles. The molecule has 0 amide bonds. The summed E-state index contributed by atoms with van der Waals surface area (Å²) in [5, 5.41) is 4.97. The highest BCUT2D eigenvalue weighted by atomic mass is 32.2. The minimum atomic E-state index is -3.60. The van der Waals surface area contributed by atoms with Crippen molar-refractivity contribution in [3.63, 3.8) is 0 Å². The first-order chi connectivity index (χ1) is 5.91. The average molecular weight is 197 g/mol. The second-order valence-electron chi connectivity index (χ2n) is 2.85. The monoisotopic (exact) mass is 197 g/mol. The Labute approximate surface area is 77.9 Å². The van der Waals surface area contributed by atoms with Crippen LogP contribution in [0.2, 0.25) is 0 Å². The maximum atomic E-state index is 11.0. The summed E-state index contributed by atoms with van der Waals surface area (Å²) in [5.41, 5.74) is 1.59. The van der Waals surface area contributed by atoms with Crippen LogP contribution in [0.4, 0.5) is 0 Å². The number of nitrogens with two attached hydrogens (primary N) is 1. The van der Waals surface area contributed by atoms with Crippen molar-refractivity contribution in [3.05, 3.63) is 36.4 Å². The van der Waals surface area contributed by atoms with E-state index in [-0.39, 0.29) is 4.90 Å². The Morgan fingerprint density at radius 3 is 2.54 bits per heavy atom. The van der Waals surface area contributed by atoms with E-state index in [1.807, 2.05) is 6.92 Å². The Morgan fingerprint density at radius 1 is 1.46 bits per heavy atom. The van der Waals surface area contributed by atoms with Crippen molar-refractivity contribution >= 4 is 15.6 Å². The van der Waals surface area contributed by atoms with E-state index >= 15 is 0 Å². The van der Waals surface area contributed by atoms with Crippen LogP contribution >= 0.6 is 0 Å². The van der Waals surface area contributed by atoms with Crippen molar-refractivity contribution in [2.45, 2.75) is 11.8 Å². The van der Waals surface area contributed by atoms with E-state index in [2.05, 4.69) is 6.58 Å². The molecule has 0 saturated carbocycles. The van der Waals surface area contributed by atoms with E-state index in [1.54, 1.807) is 12.1 Å². The van der Waals surface area contributed by atoms with Gasteiger partial charge in [-0.1, -0.05) is 24.3 Å². The molecule has 1 rings (SSSR count). The molecule has 0 radical (unpaired) electrons. The second kappa shape index (κ2) is 3.32. The van der Waals surface area contributed by atoms with Gasteiger partial charge >= 0.3 is 0 Å². The van der Waals surface area contributed by atoms with Crippen molar-refractivity contribution in [1.29, 1.82) is 0 Å². The van der Waals surface area contributed by atoms with Crippen molar-refractivity contribution in [1.82, 2.24) is 0 Å². The van der Waals surface area contributed by atoms with Crippen LogP contribution in [-0.2, 0) is 10.0 Å². The molecule has 3 nitrogen and oxygen atoms in total. The molecule has 70 valence electrons. The van der Waals surface area contributed by atoms with Crippen LogP contribution in [0.3, 0.4) is 0 Å². The van der Waals surface area contributed by atoms with E-state index in [0.717, 1.165) is 11.1 Å². The summed E-state index contributed by atoms with van der Waals surface area (Å²) in [4.78, 5) is 0.119. The summed E-state index contributed by atoms with van der Waals surface area (Å²) in [6, 6.07) is 6.40. The van der Waals surface area contributed by atoms with Crippen molar-refractivity contribution in [3.8, 4) is 0 Å². The fourth-order valence-electron chi connectivity index (χ4n) is 0.939. The van der Waals surface area contributed by atoms with Crippen LogP contribution in [0, 0.1) is 0 Å². The third-order valence-corrected chi connectivity index (χ3v) is 2.57. The lowest BCUT2D eigenvalue weighted by Crippen LogP contribution is -2.12. The second-order valence-corrected chi connectivity index (χ2v) is 4.41. The van der Waals surface area contributed by atoms with Gasteiger partial charge in [-0.25, -0.2) is 13.6 Å². The fraction of sp³-hybridized carbons (Fsp3) is 0.111. The van der Waals surface area contributed by atoms with Gasteiger partial charge in [-0.3, -0.25) is 0 Å². The van der Waals surface area contributed by atoms with E-state index in [9.17, 15) is 8.42 Å². The Kier molecular flexibility index (Phi) is 2.54. The van der Waals surface area contributed by atoms with E-state index in [0.29, 0.717) is 0 Å². The molecule has 13 heavy (non-hydrogen) atoms. The Hall–Kier alpha value is -1.13. The van der Waals surface area contributed by atoms with Gasteiger partial charge in [0.05, 0.1) is 4.90 Å². The summed E-state index contributed by atoms with van der Waals surface area (Å²) < 4.78 is 21.9. The summed E-state index contributed by atoms with van der Waals surface area (Å²) in [7, 11) is -3.60. The van der Waals surface area contributed by atoms with Crippen LogP contribution in [-0.4, -0.2) is 8.42 Å². The van der Waals surface area contributed by atoms with Gasteiger partial charge in [0, 0.05) is 0 Å². The fourth-order valence-corrected chi connectivity index (χ4v) is 1.50. The quantitative estimate of drug-likeness (QED) is 0.778. The summed E-state index contributed by atoms with van der Waals surface area (Å²) >= 11 is 0. The number of benzene rings is 1. The van der Waals surface area contributed by atoms with Crippen LogP contribution in [0.5, 0.6) is 0 Å². The van der Waals surface area contributed by atoms with Crippen molar-refractivity contribution in [2.24, 2.45) is 5.14 Å². The molecule has 0 saturated heterocycles. The van der Waals surface area contributed by atoms with Crippen molar-refractivity contribution in [2.75, 3.05) is 0 Å². The van der Waals surface area contributed by atoms with Gasteiger partial charge in [0.15, 0.2) is 0 Å². The molecule has 0 fully saturated rings. The van der Waals surface area contributed by atoms with E-state index < -0.39 is 10.0 Å². The first kappa shape index (κ1) is 9.95. The Bertz CT molecular complexity index is 435. The minimum absolute atomic E-state index is 0.119. The van der Waals surface area contributed by atoms with Gasteiger partial charge in [-0.05, 0) is 24.6 Å². The van der Waals surface area contributed by atoms with Gasteiger partial charge in [-0.2, -0.15) is 0 Å². The summed E-state index contributed by atoms with van der Waals surface area (Å²) in [6.07, 6.45) is 0. The topological polar surface area (TPSA) is 60.2 Å². The lowest BCUT2D eigenvalue weighted by atomic mass is 10.1. The number of rotatable bonds is 2. The molecule has 0 aromatic heterocycles. The van der Waals surface area contributed by atoms with E-state index in [4.69, 9.17) is 5.14 Å². The molecule has 0 bridgehead atoms. The zero-order chi connectivity index (χ0) is 10.1. The van der Waals surface area contributed by atoms with Gasteiger partial charge in [0.1, 0.15) is 0 Å². The highest BCUT2D eigenvalue weighted by Crippen LogP contribution is 2.15. The maximum Gasteiger partial charge on any atom is 0.238 e. The molecule has 1 aromatic carbocycles. The normalized spacial score (nSPS) is 11.2. The SMILES string of the molecule is C=C(C)c1cccc(S(N)(=O)=O)c1. The lowest BCUT2D eigenvalue weighted by molar-refractivity contribution is 0.598. The molecule has 1 aromatic rings. The summed E-state index contributed by atoms with van der Waals surface area (Å²) in [6.45, 7) is 5.52. The molecule has 0 unspecified atom stereocenters. The first-order valence-electron chi connectivity index (χ1n) is 3.70. The Balaban J connectivity index is 3.29. The molecular formula is C9H11NO2S. The Morgan fingerprint density at radius 2 is 2.08 bits per heavy atom. The van der Waals surface area contributed by atoms with Crippen LogP contribution < -0.4 is 5.14 Å². The third kappa shape index (κ3) is 2.40. The number of hydrogen-bond acceptors (Lipinski definition) is 2. The molecular weight excluding hydrogens is 186 g/mol. The number of hydrogen-bond donors (Lipinski definition) is 1. The van der Waals surface area contributed by atoms with Crippen LogP contribution in [0.1, 0.15) is 12.5 Å². The van der Waals surface area contributed by atoms with Gasteiger partial charge < -0.3 is 0 Å². The number of primary sulfonamides is 1. The predicted octanol–water partition coefficient (Wildman–Crippen LogP) is 1.37. The molecule has 0 aliphatic rings. The smallest absolute Gasteiger partial charge is 0.225 e. The highest BCUT2D eigenvalue weighted by molar-refractivity contribution is 7.89. The third-order valence-electron chi connectivity index (χ3n) is 1.66. The lowest BCUT2D eigenvalue weighted by Gasteiger charge is -2.02. The van der Waals surface area contributed by atoms with Crippen molar-refractivity contribution < 1.29 is 8.42 Å². The van der Waals surface area contributed by atoms with E-state index in [1.165, 1.54) is 12.1 Å². The maximum absolute atomic E-state index is 11.0. The molecule has 0 atom stereocenters. The average Bonchev–Trinajstić information content (AvgIpc) is 2.03. The molecule has 0 aliphatic heterocycles. The van der Waals surface area contributed by atoms with Gasteiger partial charge in [0.25, 0.3) is 0 Å². The molecule has 0 aliphatic carbocycles. The molecule has 4 heteroatoms. The molecule has 2 N–H and O–H groups in total. The minimum Gasteiger partial charge on any atom is -0.225 e. The zero-order valence-corrected chi connectivity index (χ0v) is 8.14. The standard InChI is InChI=1S/C9H11NO2S/c1-7(2)8-4-3-5-9(6-8)13(10,11)12/h3-6H,1H2,2H3,(H2,10,11,12). The highest BCUT2D eigenvalue weighted by Gasteiger charge is 2.07. The predicted molar refractivity (Wildman–Crippen MR) is 52.5 cm³/mol. The summed E-state index contributed by atoms with van der Waals surface area (Å²) in [5.74, 6) is 0. The van der Waals surface area contributed by atoms with Gasteiger partial charge in [-0.15, -0.1) is 0 Å². The zero-order valence-electron chi connectivity index (χ0n) is 7.32. The number of sulfonamides is 1. The van der Waals surface area contributed by atoms with Crippen LogP contribution in [0.15, 0.2) is 35.7 Å². The first-order valence-corrected chi connectivity index (χ1v) is 5.24. The van der Waals surface area contributed by atoms with Gasteiger partial charge in [0.2, 0.25) is 10.0 Å². The van der Waals surface area contributed by atoms with Crippen LogP contribution in [0.25, 0.3) is 5.57 Å². The largest absolute Gasteiger partial charge is 0.238 e. The molecule has 0 spiro atoms.